The molecule has 19 heavy (non-hydrogen) atoms. The third kappa shape index (κ3) is 3.48. The van der Waals surface area contributed by atoms with Crippen molar-refractivity contribution in [2.75, 3.05) is 20.7 Å². The lowest BCUT2D eigenvalue weighted by atomic mass is 9.67. The molecule has 2 saturated carbocycles. The van der Waals surface area contributed by atoms with Crippen molar-refractivity contribution in [1.29, 1.82) is 0 Å². The molecule has 0 aromatic carbocycles. The van der Waals surface area contributed by atoms with Crippen LogP contribution in [-0.2, 0) is 14.3 Å². The topological polar surface area (TPSA) is 46.6 Å². The second-order valence-electron chi connectivity index (χ2n) is 6.09. The number of ether oxygens (including phenoxy) is 1. The van der Waals surface area contributed by atoms with Gasteiger partial charge in [-0.3, -0.25) is 9.59 Å². The molecule has 0 aromatic heterocycles. The molecule has 2 rings (SSSR count). The standard InChI is InChI=1S/C15H25NO3/c1-16(10-14(17)19-2)15(18)13-8-7-11-5-3-4-6-12(11)9-13/h11-13H,3-10H2,1-2H3. The van der Waals surface area contributed by atoms with Crippen molar-refractivity contribution >= 4 is 11.9 Å². The molecule has 0 spiro atoms. The molecule has 0 N–H and O–H groups in total. The van der Waals surface area contributed by atoms with E-state index < -0.39 is 0 Å². The minimum Gasteiger partial charge on any atom is -0.468 e. The van der Waals surface area contributed by atoms with Gasteiger partial charge in [-0.25, -0.2) is 0 Å². The number of carbonyl (C=O) groups excluding carboxylic acids is 2. The fourth-order valence-electron chi connectivity index (χ4n) is 3.75. The van der Waals surface area contributed by atoms with Gasteiger partial charge in [0.2, 0.25) is 5.91 Å². The van der Waals surface area contributed by atoms with Crippen molar-refractivity contribution in [3.8, 4) is 0 Å². The Kier molecular flexibility index (Phi) is 4.83. The van der Waals surface area contributed by atoms with Crippen LogP contribution in [-0.4, -0.2) is 37.5 Å². The number of amides is 1. The van der Waals surface area contributed by atoms with Gasteiger partial charge in [0.1, 0.15) is 6.54 Å². The summed E-state index contributed by atoms with van der Waals surface area (Å²) >= 11 is 0. The van der Waals surface area contributed by atoms with Gasteiger partial charge in [0, 0.05) is 13.0 Å². The van der Waals surface area contributed by atoms with Gasteiger partial charge >= 0.3 is 5.97 Å². The molecule has 108 valence electrons. The summed E-state index contributed by atoms with van der Waals surface area (Å²) in [5.74, 6) is 1.48. The molecule has 0 saturated heterocycles. The first-order valence-corrected chi connectivity index (χ1v) is 7.43. The van der Waals surface area contributed by atoms with Crippen molar-refractivity contribution in [3.63, 3.8) is 0 Å². The molecular weight excluding hydrogens is 242 g/mol. The second kappa shape index (κ2) is 6.40. The Morgan fingerprint density at radius 1 is 1.11 bits per heavy atom. The number of hydrogen-bond acceptors (Lipinski definition) is 3. The van der Waals surface area contributed by atoms with E-state index in [1.807, 2.05) is 0 Å². The zero-order valence-corrected chi connectivity index (χ0v) is 12.1. The van der Waals surface area contributed by atoms with Gasteiger partial charge in [0.05, 0.1) is 7.11 Å². The molecule has 0 bridgehead atoms. The van der Waals surface area contributed by atoms with Crippen LogP contribution in [0.25, 0.3) is 0 Å². The molecule has 1 amide bonds. The largest absolute Gasteiger partial charge is 0.468 e. The van der Waals surface area contributed by atoms with Crippen LogP contribution in [0, 0.1) is 17.8 Å². The van der Waals surface area contributed by atoms with E-state index in [2.05, 4.69) is 4.74 Å². The highest BCUT2D eigenvalue weighted by atomic mass is 16.5. The van der Waals surface area contributed by atoms with Crippen LogP contribution in [0.15, 0.2) is 0 Å². The monoisotopic (exact) mass is 267 g/mol. The maximum Gasteiger partial charge on any atom is 0.325 e. The summed E-state index contributed by atoms with van der Waals surface area (Å²) in [6.07, 6.45) is 8.52. The zero-order chi connectivity index (χ0) is 13.8. The molecule has 4 heteroatoms. The van der Waals surface area contributed by atoms with E-state index in [9.17, 15) is 9.59 Å². The van der Waals surface area contributed by atoms with Gasteiger partial charge in [-0.15, -0.1) is 0 Å². The quantitative estimate of drug-likeness (QED) is 0.737. The van der Waals surface area contributed by atoms with Crippen molar-refractivity contribution in [2.45, 2.75) is 44.9 Å². The van der Waals surface area contributed by atoms with Gasteiger partial charge in [0.15, 0.2) is 0 Å². The van der Waals surface area contributed by atoms with Crippen LogP contribution in [0.2, 0.25) is 0 Å². The predicted molar refractivity (Wildman–Crippen MR) is 72.4 cm³/mol. The van der Waals surface area contributed by atoms with Crippen LogP contribution < -0.4 is 0 Å². The van der Waals surface area contributed by atoms with Crippen LogP contribution in [0.5, 0.6) is 0 Å². The van der Waals surface area contributed by atoms with Crippen LogP contribution in [0.4, 0.5) is 0 Å². The number of likely N-dealkylation sites (N-methyl/N-ethyl adjacent to an activating group) is 1. The van der Waals surface area contributed by atoms with E-state index in [1.54, 1.807) is 7.05 Å². The summed E-state index contributed by atoms with van der Waals surface area (Å²) in [5.41, 5.74) is 0. The fraction of sp³-hybridized carbons (Fsp3) is 0.867. The lowest BCUT2D eigenvalue weighted by molar-refractivity contribution is -0.148. The van der Waals surface area contributed by atoms with E-state index in [0.717, 1.165) is 24.7 Å². The Labute approximate surface area is 115 Å². The predicted octanol–water partition coefficient (Wildman–Crippen LogP) is 2.22. The van der Waals surface area contributed by atoms with Crippen LogP contribution in [0.1, 0.15) is 44.9 Å². The van der Waals surface area contributed by atoms with E-state index in [1.165, 1.54) is 44.1 Å². The van der Waals surface area contributed by atoms with E-state index in [0.29, 0.717) is 0 Å². The molecule has 3 unspecified atom stereocenters. The van der Waals surface area contributed by atoms with Crippen molar-refractivity contribution in [3.05, 3.63) is 0 Å². The maximum atomic E-state index is 12.3. The molecular formula is C15H25NO3. The average molecular weight is 267 g/mol. The number of fused-ring (bicyclic) bond motifs is 1. The average Bonchev–Trinajstić information content (AvgIpc) is 2.45. The van der Waals surface area contributed by atoms with E-state index in [4.69, 9.17) is 0 Å². The summed E-state index contributed by atoms with van der Waals surface area (Å²) in [7, 11) is 3.06. The van der Waals surface area contributed by atoms with Crippen molar-refractivity contribution in [1.82, 2.24) is 4.90 Å². The Morgan fingerprint density at radius 2 is 1.79 bits per heavy atom. The Hall–Kier alpha value is -1.06. The lowest BCUT2D eigenvalue weighted by Gasteiger charge is -2.39. The normalized spacial score (nSPS) is 30.3. The van der Waals surface area contributed by atoms with Gasteiger partial charge in [-0.2, -0.15) is 0 Å². The van der Waals surface area contributed by atoms with Gasteiger partial charge in [-0.05, 0) is 31.1 Å². The summed E-state index contributed by atoms with van der Waals surface area (Å²) in [6, 6.07) is 0. The number of hydrogen-bond donors (Lipinski definition) is 0. The van der Waals surface area contributed by atoms with Crippen LogP contribution >= 0.6 is 0 Å². The molecule has 0 radical (unpaired) electrons. The molecule has 4 nitrogen and oxygen atoms in total. The second-order valence-corrected chi connectivity index (χ2v) is 6.09. The van der Waals surface area contributed by atoms with Crippen LogP contribution in [0.3, 0.4) is 0 Å². The Bertz CT molecular complexity index is 342. The van der Waals surface area contributed by atoms with Crippen molar-refractivity contribution < 1.29 is 14.3 Å². The summed E-state index contributed by atoms with van der Waals surface area (Å²) in [4.78, 5) is 25.1. The summed E-state index contributed by atoms with van der Waals surface area (Å²) in [6.45, 7) is 0.0694. The van der Waals surface area contributed by atoms with E-state index in [-0.39, 0.29) is 24.3 Å². The fourth-order valence-corrected chi connectivity index (χ4v) is 3.75. The molecule has 2 aliphatic rings. The first-order valence-electron chi connectivity index (χ1n) is 7.43. The Morgan fingerprint density at radius 3 is 2.47 bits per heavy atom. The molecule has 3 atom stereocenters. The number of carbonyl (C=O) groups is 2. The van der Waals surface area contributed by atoms with Crippen molar-refractivity contribution in [2.24, 2.45) is 17.8 Å². The molecule has 0 heterocycles. The number of methoxy groups -OCH3 is 1. The minimum atomic E-state index is -0.345. The SMILES string of the molecule is COC(=O)CN(C)C(=O)C1CCC2CCCCC2C1. The zero-order valence-electron chi connectivity index (χ0n) is 12.1. The highest BCUT2D eigenvalue weighted by Crippen LogP contribution is 2.42. The summed E-state index contributed by atoms with van der Waals surface area (Å²) < 4.78 is 4.61. The highest BCUT2D eigenvalue weighted by molar-refractivity contribution is 5.83. The third-order valence-corrected chi connectivity index (χ3v) is 4.86. The van der Waals surface area contributed by atoms with E-state index >= 15 is 0 Å². The minimum absolute atomic E-state index is 0.0694. The molecule has 0 aromatic rings. The first-order chi connectivity index (χ1) is 9.11. The number of rotatable bonds is 3. The van der Waals surface area contributed by atoms with Gasteiger partial charge in [-0.1, -0.05) is 25.7 Å². The lowest BCUT2D eigenvalue weighted by Crippen LogP contribution is -2.40. The number of nitrogens with zero attached hydrogens (tertiary/aromatic N) is 1. The maximum absolute atomic E-state index is 12.3. The Balaban J connectivity index is 1.87. The summed E-state index contributed by atoms with van der Waals surface area (Å²) in [5, 5.41) is 0. The molecule has 0 aliphatic heterocycles. The highest BCUT2D eigenvalue weighted by Gasteiger charge is 2.36. The first kappa shape index (κ1) is 14.4. The smallest absolute Gasteiger partial charge is 0.325 e. The molecule has 2 aliphatic carbocycles. The van der Waals surface area contributed by atoms with Gasteiger partial charge < -0.3 is 9.64 Å². The molecule has 2 fully saturated rings. The number of esters is 1. The van der Waals surface area contributed by atoms with Gasteiger partial charge in [0.25, 0.3) is 0 Å². The third-order valence-electron chi connectivity index (χ3n) is 4.86.